The quantitative estimate of drug-likeness (QED) is 0.627. The minimum absolute atomic E-state index is 0.0428. The third-order valence-electron chi connectivity index (χ3n) is 2.05. The summed E-state index contributed by atoms with van der Waals surface area (Å²) in [5.41, 5.74) is -1.50. The number of rotatable bonds is 2. The molecule has 1 fully saturated rings. The second-order valence-corrected chi connectivity index (χ2v) is 5.03. The number of aliphatic carboxylic acids is 1. The van der Waals surface area contributed by atoms with E-state index in [0.717, 1.165) is 0 Å². The molecule has 1 aliphatic rings. The zero-order chi connectivity index (χ0) is 9.41. The predicted molar refractivity (Wildman–Crippen MR) is 40.6 cm³/mol. The summed E-state index contributed by atoms with van der Waals surface area (Å²) in [6.07, 6.45) is 0.0428. The third-order valence-corrected chi connectivity index (χ3v) is 3.78. The first-order chi connectivity index (χ1) is 5.42. The van der Waals surface area contributed by atoms with E-state index in [0.29, 0.717) is 0 Å². The molecule has 0 bridgehead atoms. The van der Waals surface area contributed by atoms with Gasteiger partial charge >= 0.3 is 5.97 Å². The van der Waals surface area contributed by atoms with Crippen molar-refractivity contribution in [1.82, 2.24) is 0 Å². The Balaban J connectivity index is 2.95. The number of methoxy groups -OCH3 is 1. The molecule has 6 heteroatoms. The minimum Gasteiger partial charge on any atom is -0.479 e. The Morgan fingerprint density at radius 1 is 1.58 bits per heavy atom. The van der Waals surface area contributed by atoms with Crippen LogP contribution in [0.15, 0.2) is 0 Å². The largest absolute Gasteiger partial charge is 0.479 e. The molecule has 0 saturated carbocycles. The molecule has 1 N–H and O–H groups in total. The van der Waals surface area contributed by atoms with E-state index in [1.165, 1.54) is 7.11 Å². The lowest BCUT2D eigenvalue weighted by molar-refractivity contribution is -0.159. The zero-order valence-electron chi connectivity index (χ0n) is 6.61. The fourth-order valence-electron chi connectivity index (χ4n) is 1.24. The first-order valence-corrected chi connectivity index (χ1v) is 5.23. The molecule has 1 rings (SSSR count). The highest BCUT2D eigenvalue weighted by atomic mass is 32.2. The SMILES string of the molecule is CO[C@]1(C(=O)O)CCS(=O)(=O)C1. The number of sulfone groups is 1. The Labute approximate surface area is 70.3 Å². The van der Waals surface area contributed by atoms with Gasteiger partial charge in [0, 0.05) is 13.5 Å². The second kappa shape index (κ2) is 2.70. The van der Waals surface area contributed by atoms with E-state index < -0.39 is 27.2 Å². The molecule has 0 aromatic rings. The Bertz CT molecular complexity index is 293. The number of hydrogen-bond acceptors (Lipinski definition) is 4. The van der Waals surface area contributed by atoms with Gasteiger partial charge in [0.15, 0.2) is 15.4 Å². The molecule has 0 aromatic carbocycles. The smallest absolute Gasteiger partial charge is 0.337 e. The van der Waals surface area contributed by atoms with E-state index in [1.807, 2.05) is 0 Å². The summed E-state index contributed by atoms with van der Waals surface area (Å²) in [6, 6.07) is 0. The van der Waals surface area contributed by atoms with Crippen LogP contribution in [0.1, 0.15) is 6.42 Å². The Kier molecular flexibility index (Phi) is 2.13. The van der Waals surface area contributed by atoms with Gasteiger partial charge in [-0.25, -0.2) is 13.2 Å². The Hall–Kier alpha value is -0.620. The monoisotopic (exact) mass is 194 g/mol. The highest BCUT2D eigenvalue weighted by molar-refractivity contribution is 7.91. The molecular formula is C6H10O5S. The average molecular weight is 194 g/mol. The van der Waals surface area contributed by atoms with Gasteiger partial charge in [0.25, 0.3) is 0 Å². The first-order valence-electron chi connectivity index (χ1n) is 3.41. The predicted octanol–water partition coefficient (Wildman–Crippen LogP) is -0.725. The van der Waals surface area contributed by atoms with Crippen molar-refractivity contribution in [3.8, 4) is 0 Å². The molecule has 1 saturated heterocycles. The Morgan fingerprint density at radius 2 is 2.17 bits per heavy atom. The van der Waals surface area contributed by atoms with Crippen LogP contribution in [-0.2, 0) is 19.4 Å². The van der Waals surface area contributed by atoms with Crippen molar-refractivity contribution in [3.05, 3.63) is 0 Å². The lowest BCUT2D eigenvalue weighted by Crippen LogP contribution is -2.41. The van der Waals surface area contributed by atoms with Gasteiger partial charge in [0.1, 0.15) is 0 Å². The molecule has 5 nitrogen and oxygen atoms in total. The van der Waals surface area contributed by atoms with Crippen molar-refractivity contribution in [3.63, 3.8) is 0 Å². The van der Waals surface area contributed by atoms with Gasteiger partial charge in [0.05, 0.1) is 11.5 Å². The molecule has 1 aliphatic heterocycles. The molecule has 1 heterocycles. The van der Waals surface area contributed by atoms with Crippen LogP contribution in [0.3, 0.4) is 0 Å². The summed E-state index contributed by atoms with van der Waals surface area (Å²) in [5, 5.41) is 8.71. The number of hydrogen-bond donors (Lipinski definition) is 1. The maximum Gasteiger partial charge on any atom is 0.337 e. The van der Waals surface area contributed by atoms with E-state index in [-0.39, 0.29) is 12.2 Å². The van der Waals surface area contributed by atoms with Crippen molar-refractivity contribution in [2.24, 2.45) is 0 Å². The van der Waals surface area contributed by atoms with E-state index in [2.05, 4.69) is 0 Å². The van der Waals surface area contributed by atoms with Crippen LogP contribution >= 0.6 is 0 Å². The van der Waals surface area contributed by atoms with Crippen LogP contribution in [0.2, 0.25) is 0 Å². The van der Waals surface area contributed by atoms with Crippen LogP contribution < -0.4 is 0 Å². The van der Waals surface area contributed by atoms with E-state index in [4.69, 9.17) is 9.84 Å². The maximum atomic E-state index is 11.0. The number of ether oxygens (including phenoxy) is 1. The van der Waals surface area contributed by atoms with Crippen LogP contribution in [0.5, 0.6) is 0 Å². The van der Waals surface area contributed by atoms with Crippen LogP contribution in [-0.4, -0.2) is 43.7 Å². The van der Waals surface area contributed by atoms with Crippen molar-refractivity contribution < 1.29 is 23.1 Å². The average Bonchev–Trinajstić information content (AvgIpc) is 2.27. The minimum atomic E-state index is -3.22. The summed E-state index contributed by atoms with van der Waals surface area (Å²) in [4.78, 5) is 10.7. The van der Waals surface area contributed by atoms with E-state index in [9.17, 15) is 13.2 Å². The maximum absolute atomic E-state index is 11.0. The van der Waals surface area contributed by atoms with E-state index >= 15 is 0 Å². The zero-order valence-corrected chi connectivity index (χ0v) is 7.43. The molecule has 0 spiro atoms. The summed E-state index contributed by atoms with van der Waals surface area (Å²) >= 11 is 0. The third kappa shape index (κ3) is 1.44. The van der Waals surface area contributed by atoms with Crippen molar-refractivity contribution in [1.29, 1.82) is 0 Å². The molecule has 12 heavy (non-hydrogen) atoms. The molecule has 70 valence electrons. The van der Waals surface area contributed by atoms with Gasteiger partial charge in [-0.1, -0.05) is 0 Å². The normalized spacial score (nSPS) is 33.4. The topological polar surface area (TPSA) is 80.7 Å². The van der Waals surface area contributed by atoms with Gasteiger partial charge in [-0.15, -0.1) is 0 Å². The molecule has 0 unspecified atom stereocenters. The van der Waals surface area contributed by atoms with Crippen LogP contribution in [0.25, 0.3) is 0 Å². The lowest BCUT2D eigenvalue weighted by atomic mass is 10.0. The van der Waals surface area contributed by atoms with Gasteiger partial charge in [-0.05, 0) is 0 Å². The molecule has 0 aliphatic carbocycles. The van der Waals surface area contributed by atoms with Gasteiger partial charge in [-0.2, -0.15) is 0 Å². The van der Waals surface area contributed by atoms with Crippen molar-refractivity contribution >= 4 is 15.8 Å². The highest BCUT2D eigenvalue weighted by Gasteiger charge is 2.48. The van der Waals surface area contributed by atoms with Gasteiger partial charge in [0.2, 0.25) is 0 Å². The van der Waals surface area contributed by atoms with Gasteiger partial charge in [-0.3, -0.25) is 0 Å². The lowest BCUT2D eigenvalue weighted by Gasteiger charge is -2.19. The van der Waals surface area contributed by atoms with Crippen LogP contribution in [0, 0.1) is 0 Å². The molecule has 0 amide bonds. The Morgan fingerprint density at radius 3 is 2.33 bits per heavy atom. The second-order valence-electron chi connectivity index (χ2n) is 2.85. The van der Waals surface area contributed by atoms with Crippen molar-refractivity contribution in [2.75, 3.05) is 18.6 Å². The van der Waals surface area contributed by atoms with Crippen molar-refractivity contribution in [2.45, 2.75) is 12.0 Å². The summed E-state index contributed by atoms with van der Waals surface area (Å²) in [7, 11) is -2.00. The molecule has 1 atom stereocenters. The standard InChI is InChI=1S/C6H10O5S/c1-11-6(5(7)8)2-3-12(9,10)4-6/h2-4H2,1H3,(H,7,8)/t6-/m1/s1. The summed E-state index contributed by atoms with van der Waals surface area (Å²) in [5.74, 6) is -1.72. The first kappa shape index (κ1) is 9.47. The summed E-state index contributed by atoms with van der Waals surface area (Å²) < 4.78 is 26.6. The molecule has 0 aromatic heterocycles. The molecule has 0 radical (unpaired) electrons. The van der Waals surface area contributed by atoms with Gasteiger partial charge < -0.3 is 9.84 Å². The number of carboxylic acid groups (broad SMARTS) is 1. The van der Waals surface area contributed by atoms with Crippen LogP contribution in [0.4, 0.5) is 0 Å². The number of carbonyl (C=O) groups is 1. The van der Waals surface area contributed by atoms with E-state index in [1.54, 1.807) is 0 Å². The molecular weight excluding hydrogens is 184 g/mol. The number of carboxylic acids is 1. The fraction of sp³-hybridized carbons (Fsp3) is 0.833. The summed E-state index contributed by atoms with van der Waals surface area (Å²) in [6.45, 7) is 0. The highest BCUT2D eigenvalue weighted by Crippen LogP contribution is 2.26. The fourth-order valence-corrected chi connectivity index (χ4v) is 3.12.